The molecule has 1 saturated heterocycles. The van der Waals surface area contributed by atoms with E-state index >= 15 is 0 Å². The Morgan fingerprint density at radius 3 is 2.95 bits per heavy atom. The van der Waals surface area contributed by atoms with Crippen LogP contribution in [0.25, 0.3) is 0 Å². The highest BCUT2D eigenvalue weighted by molar-refractivity contribution is 5.94. The third-order valence-corrected chi connectivity index (χ3v) is 4.08. The van der Waals surface area contributed by atoms with Crippen LogP contribution in [0.15, 0.2) is 24.3 Å². The maximum absolute atomic E-state index is 11.7. The van der Waals surface area contributed by atoms with Gasteiger partial charge >= 0.3 is 0 Å². The lowest BCUT2D eigenvalue weighted by atomic mass is 10.1. The summed E-state index contributed by atoms with van der Waals surface area (Å²) < 4.78 is 0. The standard InChI is InChI=1S/C17H27N3O/c1-3-10-20-11-5-8-15(9-12-20)19-16-7-4-6-14(13-16)17(21)18-2/h4,6-7,13,15,19H,3,5,8-12H2,1-2H3,(H,18,21). The number of rotatable bonds is 5. The van der Waals surface area contributed by atoms with E-state index in [1.807, 2.05) is 24.3 Å². The number of nitrogens with one attached hydrogen (secondary N) is 2. The Kier molecular flexibility index (Phi) is 6.05. The topological polar surface area (TPSA) is 44.4 Å². The number of anilines is 1. The van der Waals surface area contributed by atoms with E-state index in [0.717, 1.165) is 5.69 Å². The highest BCUT2D eigenvalue weighted by Crippen LogP contribution is 2.18. The normalized spacial score (nSPS) is 19.8. The lowest BCUT2D eigenvalue weighted by Crippen LogP contribution is -2.27. The van der Waals surface area contributed by atoms with Crippen molar-refractivity contribution in [3.8, 4) is 0 Å². The van der Waals surface area contributed by atoms with Gasteiger partial charge in [-0.25, -0.2) is 0 Å². The molecule has 21 heavy (non-hydrogen) atoms. The third-order valence-electron chi connectivity index (χ3n) is 4.08. The number of likely N-dealkylation sites (tertiary alicyclic amines) is 1. The van der Waals surface area contributed by atoms with Gasteiger partial charge in [0.25, 0.3) is 5.91 Å². The molecule has 0 aliphatic carbocycles. The van der Waals surface area contributed by atoms with Crippen LogP contribution in [0.1, 0.15) is 43.0 Å². The van der Waals surface area contributed by atoms with Crippen LogP contribution in [0.3, 0.4) is 0 Å². The van der Waals surface area contributed by atoms with E-state index in [-0.39, 0.29) is 5.91 Å². The summed E-state index contributed by atoms with van der Waals surface area (Å²) in [6, 6.07) is 8.27. The van der Waals surface area contributed by atoms with Crippen LogP contribution in [0.2, 0.25) is 0 Å². The highest BCUT2D eigenvalue weighted by atomic mass is 16.1. The fourth-order valence-corrected chi connectivity index (χ4v) is 2.97. The Hall–Kier alpha value is -1.55. The Bertz CT molecular complexity index is 461. The Labute approximate surface area is 127 Å². The maximum atomic E-state index is 11.7. The Balaban J connectivity index is 1.93. The number of nitrogens with zero attached hydrogens (tertiary/aromatic N) is 1. The minimum atomic E-state index is -0.0337. The second-order valence-electron chi connectivity index (χ2n) is 5.77. The minimum absolute atomic E-state index is 0.0337. The summed E-state index contributed by atoms with van der Waals surface area (Å²) in [4.78, 5) is 14.2. The predicted molar refractivity (Wildman–Crippen MR) is 87.8 cm³/mol. The van der Waals surface area contributed by atoms with Gasteiger partial charge in [-0.05, 0) is 57.0 Å². The van der Waals surface area contributed by atoms with Crippen molar-refractivity contribution in [3.05, 3.63) is 29.8 Å². The van der Waals surface area contributed by atoms with Gasteiger partial charge in [-0.3, -0.25) is 4.79 Å². The lowest BCUT2D eigenvalue weighted by Gasteiger charge is -2.20. The quantitative estimate of drug-likeness (QED) is 0.876. The van der Waals surface area contributed by atoms with Crippen molar-refractivity contribution in [1.82, 2.24) is 10.2 Å². The van der Waals surface area contributed by atoms with E-state index in [4.69, 9.17) is 0 Å². The predicted octanol–water partition coefficient (Wildman–Crippen LogP) is 2.72. The van der Waals surface area contributed by atoms with Crippen molar-refractivity contribution in [2.45, 2.75) is 38.6 Å². The van der Waals surface area contributed by atoms with Crippen LogP contribution in [0.5, 0.6) is 0 Å². The van der Waals surface area contributed by atoms with Gasteiger partial charge in [-0.2, -0.15) is 0 Å². The van der Waals surface area contributed by atoms with Crippen LogP contribution >= 0.6 is 0 Å². The smallest absolute Gasteiger partial charge is 0.251 e. The Morgan fingerprint density at radius 1 is 1.33 bits per heavy atom. The first-order valence-corrected chi connectivity index (χ1v) is 8.04. The van der Waals surface area contributed by atoms with Gasteiger partial charge in [0.15, 0.2) is 0 Å². The average Bonchev–Trinajstić information content (AvgIpc) is 2.73. The summed E-state index contributed by atoms with van der Waals surface area (Å²) in [5.74, 6) is -0.0337. The number of amides is 1. The zero-order chi connectivity index (χ0) is 15.1. The first kappa shape index (κ1) is 15.8. The first-order chi connectivity index (χ1) is 10.2. The molecule has 1 unspecified atom stereocenters. The van der Waals surface area contributed by atoms with Gasteiger partial charge in [-0.1, -0.05) is 13.0 Å². The largest absolute Gasteiger partial charge is 0.382 e. The number of carbonyl (C=O) groups is 1. The maximum Gasteiger partial charge on any atom is 0.251 e. The van der Waals surface area contributed by atoms with Gasteiger partial charge in [0.2, 0.25) is 0 Å². The fourth-order valence-electron chi connectivity index (χ4n) is 2.97. The van der Waals surface area contributed by atoms with Crippen LogP contribution in [-0.4, -0.2) is 43.5 Å². The molecule has 2 rings (SSSR count). The molecular formula is C17H27N3O. The number of carbonyl (C=O) groups excluding carboxylic acids is 1. The van der Waals surface area contributed by atoms with Crippen molar-refractivity contribution < 1.29 is 4.79 Å². The van der Waals surface area contributed by atoms with Crippen molar-refractivity contribution in [1.29, 1.82) is 0 Å². The zero-order valence-electron chi connectivity index (χ0n) is 13.2. The SMILES string of the molecule is CCCN1CCCC(Nc2cccc(C(=O)NC)c2)CC1. The molecule has 0 bridgehead atoms. The summed E-state index contributed by atoms with van der Waals surface area (Å²) in [7, 11) is 1.66. The van der Waals surface area contributed by atoms with E-state index < -0.39 is 0 Å². The molecule has 1 aliphatic heterocycles. The van der Waals surface area contributed by atoms with Crippen molar-refractivity contribution in [2.24, 2.45) is 0 Å². The number of benzene rings is 1. The van der Waals surface area contributed by atoms with Crippen molar-refractivity contribution in [2.75, 3.05) is 32.0 Å². The number of hydrogen-bond acceptors (Lipinski definition) is 3. The molecule has 0 spiro atoms. The molecule has 1 amide bonds. The van der Waals surface area contributed by atoms with E-state index in [1.54, 1.807) is 7.05 Å². The lowest BCUT2D eigenvalue weighted by molar-refractivity contribution is 0.0963. The summed E-state index contributed by atoms with van der Waals surface area (Å²) in [6.45, 7) is 5.83. The van der Waals surface area contributed by atoms with E-state index in [0.29, 0.717) is 11.6 Å². The molecular weight excluding hydrogens is 262 g/mol. The van der Waals surface area contributed by atoms with Crippen LogP contribution in [0, 0.1) is 0 Å². The fraction of sp³-hybridized carbons (Fsp3) is 0.588. The number of hydrogen-bond donors (Lipinski definition) is 2. The molecule has 4 heteroatoms. The molecule has 0 radical (unpaired) electrons. The van der Waals surface area contributed by atoms with Crippen molar-refractivity contribution >= 4 is 11.6 Å². The molecule has 0 saturated carbocycles. The molecule has 1 aliphatic rings. The molecule has 1 atom stereocenters. The Morgan fingerprint density at radius 2 is 2.19 bits per heavy atom. The minimum Gasteiger partial charge on any atom is -0.382 e. The molecule has 4 nitrogen and oxygen atoms in total. The van der Waals surface area contributed by atoms with E-state index in [1.165, 1.54) is 45.3 Å². The second-order valence-corrected chi connectivity index (χ2v) is 5.77. The van der Waals surface area contributed by atoms with Gasteiger partial charge < -0.3 is 15.5 Å². The molecule has 1 aromatic carbocycles. The summed E-state index contributed by atoms with van der Waals surface area (Å²) in [6.07, 6.45) is 4.84. The second kappa shape index (κ2) is 8.03. The van der Waals surface area contributed by atoms with Gasteiger partial charge in [0.1, 0.15) is 0 Å². The molecule has 116 valence electrons. The summed E-state index contributed by atoms with van der Waals surface area (Å²) in [5.41, 5.74) is 1.76. The van der Waals surface area contributed by atoms with E-state index in [9.17, 15) is 4.79 Å². The van der Waals surface area contributed by atoms with E-state index in [2.05, 4.69) is 22.5 Å². The van der Waals surface area contributed by atoms with Crippen LogP contribution in [0.4, 0.5) is 5.69 Å². The molecule has 1 aromatic rings. The molecule has 2 N–H and O–H groups in total. The van der Waals surface area contributed by atoms with Crippen LogP contribution < -0.4 is 10.6 Å². The molecule has 1 fully saturated rings. The third kappa shape index (κ3) is 4.74. The summed E-state index contributed by atoms with van der Waals surface area (Å²) in [5, 5.41) is 6.26. The molecule has 1 heterocycles. The van der Waals surface area contributed by atoms with Gasteiger partial charge in [-0.15, -0.1) is 0 Å². The van der Waals surface area contributed by atoms with Gasteiger partial charge in [0.05, 0.1) is 0 Å². The average molecular weight is 289 g/mol. The van der Waals surface area contributed by atoms with Crippen LogP contribution in [-0.2, 0) is 0 Å². The summed E-state index contributed by atoms with van der Waals surface area (Å²) >= 11 is 0. The molecule has 0 aromatic heterocycles. The highest BCUT2D eigenvalue weighted by Gasteiger charge is 2.16. The zero-order valence-corrected chi connectivity index (χ0v) is 13.2. The monoisotopic (exact) mass is 289 g/mol. The van der Waals surface area contributed by atoms with Crippen molar-refractivity contribution in [3.63, 3.8) is 0 Å². The first-order valence-electron chi connectivity index (χ1n) is 8.04. The van der Waals surface area contributed by atoms with Gasteiger partial charge in [0, 0.05) is 30.9 Å².